The van der Waals surface area contributed by atoms with Gasteiger partial charge in [0.15, 0.2) is 0 Å². The van der Waals surface area contributed by atoms with Gasteiger partial charge in [0.2, 0.25) is 0 Å². The van der Waals surface area contributed by atoms with Crippen molar-refractivity contribution in [3.8, 4) is 5.75 Å². The van der Waals surface area contributed by atoms with Crippen LogP contribution >= 0.6 is 7.37 Å². The zero-order chi connectivity index (χ0) is 23.3. The van der Waals surface area contributed by atoms with Crippen LogP contribution in [0.1, 0.15) is 56.1 Å². The van der Waals surface area contributed by atoms with Gasteiger partial charge in [-0.1, -0.05) is 49.4 Å². The molecule has 3 aliphatic carbocycles. The Morgan fingerprint density at radius 2 is 1.53 bits per heavy atom. The lowest BCUT2D eigenvalue weighted by Gasteiger charge is -2.48. The fraction of sp³-hybridized carbons (Fsp3) is 0.367. The third-order valence-electron chi connectivity index (χ3n) is 8.83. The van der Waals surface area contributed by atoms with E-state index in [1.54, 1.807) is 0 Å². The third kappa shape index (κ3) is 3.40. The highest BCUT2D eigenvalue weighted by atomic mass is 31.2. The van der Waals surface area contributed by atoms with E-state index in [9.17, 15) is 9.36 Å². The monoisotopic (exact) mass is 470 g/mol. The Kier molecular flexibility index (Phi) is 5.30. The number of hydrogen-bond donors (Lipinski definition) is 0. The Labute approximate surface area is 202 Å². The van der Waals surface area contributed by atoms with Gasteiger partial charge in [0, 0.05) is 11.8 Å². The number of aryl methyl sites for hydroxylation is 1. The molecule has 3 aromatic carbocycles. The molecule has 2 saturated carbocycles. The number of rotatable bonds is 4. The molecule has 3 aromatic rings. The minimum atomic E-state index is -3.28. The van der Waals surface area contributed by atoms with Gasteiger partial charge in [0.05, 0.1) is 10.6 Å². The SMILES string of the molecule is C[C@]12CC[C@H]3c4ccc(OP(=O)(c5ccccc5)c5ccccc5)cc4CC[C@@H]3[C@@H]1CCC2=O. The van der Waals surface area contributed by atoms with E-state index < -0.39 is 7.37 Å². The van der Waals surface area contributed by atoms with E-state index in [-0.39, 0.29) is 5.41 Å². The summed E-state index contributed by atoms with van der Waals surface area (Å²) in [4.78, 5) is 12.6. The second-order valence-corrected chi connectivity index (χ2v) is 12.8. The van der Waals surface area contributed by atoms with Crippen LogP contribution in [0, 0.1) is 17.3 Å². The van der Waals surface area contributed by atoms with Crippen molar-refractivity contribution >= 4 is 23.8 Å². The van der Waals surface area contributed by atoms with Crippen molar-refractivity contribution < 1.29 is 13.9 Å². The zero-order valence-corrected chi connectivity index (χ0v) is 20.5. The number of benzene rings is 3. The van der Waals surface area contributed by atoms with Crippen LogP contribution in [0.5, 0.6) is 5.75 Å². The maximum Gasteiger partial charge on any atom is 0.306 e. The average molecular weight is 471 g/mol. The van der Waals surface area contributed by atoms with Gasteiger partial charge in [-0.3, -0.25) is 9.36 Å². The lowest BCUT2D eigenvalue weighted by atomic mass is 9.55. The van der Waals surface area contributed by atoms with Gasteiger partial charge in [0.1, 0.15) is 11.5 Å². The quantitative estimate of drug-likeness (QED) is 0.413. The van der Waals surface area contributed by atoms with Crippen molar-refractivity contribution in [1.82, 2.24) is 0 Å². The molecule has 4 heteroatoms. The molecule has 2 fully saturated rings. The van der Waals surface area contributed by atoms with Crippen LogP contribution in [0.15, 0.2) is 78.9 Å². The summed E-state index contributed by atoms with van der Waals surface area (Å²) < 4.78 is 20.7. The van der Waals surface area contributed by atoms with Crippen molar-refractivity contribution in [1.29, 1.82) is 0 Å². The van der Waals surface area contributed by atoms with Crippen LogP contribution in [0.4, 0.5) is 0 Å². The largest absolute Gasteiger partial charge is 0.437 e. The van der Waals surface area contributed by atoms with Gasteiger partial charge < -0.3 is 4.52 Å². The van der Waals surface area contributed by atoms with Crippen LogP contribution in [0.25, 0.3) is 0 Å². The molecule has 0 spiro atoms. The molecule has 0 N–H and O–H groups in total. The first-order valence-electron chi connectivity index (χ1n) is 12.6. The van der Waals surface area contributed by atoms with E-state index >= 15 is 0 Å². The Morgan fingerprint density at radius 1 is 0.853 bits per heavy atom. The van der Waals surface area contributed by atoms with E-state index in [2.05, 4.69) is 19.1 Å². The summed E-state index contributed by atoms with van der Waals surface area (Å²) in [5.74, 6) is 2.81. The van der Waals surface area contributed by atoms with E-state index in [4.69, 9.17) is 4.52 Å². The van der Waals surface area contributed by atoms with Gasteiger partial charge in [-0.25, -0.2) is 0 Å². The molecule has 0 unspecified atom stereocenters. The Morgan fingerprint density at radius 3 is 2.21 bits per heavy atom. The molecule has 0 aromatic heterocycles. The molecule has 0 radical (unpaired) electrons. The highest BCUT2D eigenvalue weighted by molar-refractivity contribution is 7.74. The maximum atomic E-state index is 14.3. The summed E-state index contributed by atoms with van der Waals surface area (Å²) >= 11 is 0. The van der Waals surface area contributed by atoms with Crippen LogP contribution in [-0.4, -0.2) is 5.78 Å². The number of fused-ring (bicyclic) bond motifs is 5. The van der Waals surface area contributed by atoms with Gasteiger partial charge >= 0.3 is 7.37 Å². The molecular formula is C30H31O3P. The number of ketones is 1. The van der Waals surface area contributed by atoms with Crippen molar-refractivity contribution in [2.45, 2.75) is 51.4 Å². The van der Waals surface area contributed by atoms with Crippen molar-refractivity contribution in [3.05, 3.63) is 90.0 Å². The van der Waals surface area contributed by atoms with E-state index in [0.717, 1.165) is 38.5 Å². The van der Waals surface area contributed by atoms with Gasteiger partial charge in [-0.2, -0.15) is 0 Å². The molecule has 0 saturated heterocycles. The molecule has 0 bridgehead atoms. The molecule has 0 amide bonds. The topological polar surface area (TPSA) is 43.4 Å². The predicted molar refractivity (Wildman–Crippen MR) is 136 cm³/mol. The summed E-state index contributed by atoms with van der Waals surface area (Å²) in [6.07, 6.45) is 6.04. The second-order valence-electron chi connectivity index (χ2n) is 10.5. The lowest BCUT2D eigenvalue weighted by Crippen LogP contribution is -2.42. The molecule has 0 aliphatic heterocycles. The molecule has 34 heavy (non-hydrogen) atoms. The van der Waals surface area contributed by atoms with Crippen LogP contribution in [0.3, 0.4) is 0 Å². The zero-order valence-electron chi connectivity index (χ0n) is 19.7. The van der Waals surface area contributed by atoms with Crippen molar-refractivity contribution in [3.63, 3.8) is 0 Å². The molecule has 3 aliphatic rings. The first-order valence-corrected chi connectivity index (χ1v) is 14.2. The average Bonchev–Trinajstić information content (AvgIpc) is 3.19. The minimum absolute atomic E-state index is 0.0975. The Balaban J connectivity index is 1.33. The van der Waals surface area contributed by atoms with Crippen LogP contribution in [0.2, 0.25) is 0 Å². The summed E-state index contributed by atoms with van der Waals surface area (Å²) in [5, 5.41) is 1.41. The standard InChI is InChI=1S/C30H31O3P/c1-30-19-18-26-25-15-13-22(20-21(25)12-14-27(26)28(30)16-17-29(30)31)33-34(32,23-8-4-2-5-9-23)24-10-6-3-7-11-24/h2-11,13,15,20,26-28H,12,14,16-19H2,1H3/t26-,27-,28-,30-/m0/s1. The van der Waals surface area contributed by atoms with E-state index in [1.807, 2.05) is 66.7 Å². The number of carbonyl (C=O) groups is 1. The van der Waals surface area contributed by atoms with Crippen molar-refractivity contribution in [2.75, 3.05) is 0 Å². The van der Waals surface area contributed by atoms with E-state index in [1.165, 1.54) is 11.1 Å². The number of hydrogen-bond acceptors (Lipinski definition) is 3. The summed E-state index contributed by atoms with van der Waals surface area (Å²) in [6, 6.07) is 25.4. The Hall–Kier alpha value is -2.64. The van der Waals surface area contributed by atoms with Gasteiger partial charge in [-0.15, -0.1) is 0 Å². The molecular weight excluding hydrogens is 439 g/mol. The van der Waals surface area contributed by atoms with E-state index in [0.29, 0.717) is 39.9 Å². The summed E-state index contributed by atoms with van der Waals surface area (Å²) in [5.41, 5.74) is 2.64. The lowest BCUT2D eigenvalue weighted by molar-refractivity contribution is -0.129. The minimum Gasteiger partial charge on any atom is -0.437 e. The molecule has 174 valence electrons. The fourth-order valence-corrected chi connectivity index (χ4v) is 9.09. The van der Waals surface area contributed by atoms with Gasteiger partial charge in [-0.05, 0) is 97.4 Å². The molecule has 3 nitrogen and oxygen atoms in total. The summed E-state index contributed by atoms with van der Waals surface area (Å²) in [7, 11) is -3.28. The fourth-order valence-electron chi connectivity index (χ4n) is 7.04. The van der Waals surface area contributed by atoms with Gasteiger partial charge in [0.25, 0.3) is 0 Å². The molecule has 6 rings (SSSR count). The highest BCUT2D eigenvalue weighted by Gasteiger charge is 2.54. The van der Waals surface area contributed by atoms with Crippen molar-refractivity contribution in [2.24, 2.45) is 17.3 Å². The second kappa shape index (κ2) is 8.24. The normalized spacial score (nSPS) is 28.0. The van der Waals surface area contributed by atoms with Crippen LogP contribution < -0.4 is 15.1 Å². The maximum absolute atomic E-state index is 14.3. The van der Waals surface area contributed by atoms with Crippen LogP contribution in [-0.2, 0) is 15.8 Å². The first-order chi connectivity index (χ1) is 16.5. The predicted octanol–water partition coefficient (Wildman–Crippen LogP) is 6.42. The first kappa shape index (κ1) is 21.9. The third-order valence-corrected chi connectivity index (χ3v) is 11.3. The number of Topliss-reactive ketones (excluding diaryl/α,β-unsaturated/α-hetero) is 1. The number of carbonyl (C=O) groups excluding carboxylic acids is 1. The summed E-state index contributed by atoms with van der Waals surface area (Å²) in [6.45, 7) is 2.22. The molecule has 0 heterocycles. The Bertz CT molecular complexity index is 1230. The smallest absolute Gasteiger partial charge is 0.306 e. The highest BCUT2D eigenvalue weighted by Crippen LogP contribution is 2.59. The molecule has 4 atom stereocenters.